The second kappa shape index (κ2) is 8.16. The Hall–Kier alpha value is -0.770. The zero-order valence-electron chi connectivity index (χ0n) is 16.9. The number of hydrogen-bond donors (Lipinski definition) is 3. The van der Waals surface area contributed by atoms with E-state index in [4.69, 9.17) is 9.57 Å². The molecule has 1 aliphatic carbocycles. The van der Waals surface area contributed by atoms with Crippen molar-refractivity contribution in [3.05, 3.63) is 0 Å². The molecule has 4 aliphatic heterocycles. The quantitative estimate of drug-likeness (QED) is 0.610. The number of hydroxylamine groups is 1. The average molecular weight is 394 g/mol. The zero-order valence-corrected chi connectivity index (χ0v) is 16.9. The summed E-state index contributed by atoms with van der Waals surface area (Å²) >= 11 is 0. The molecule has 5 fully saturated rings. The topological polar surface area (TPSA) is 78.1 Å². The van der Waals surface area contributed by atoms with E-state index in [1.54, 1.807) is 0 Å². The second-order valence-electron chi connectivity index (χ2n) is 9.35. The van der Waals surface area contributed by atoms with Gasteiger partial charge in [-0.3, -0.25) is 19.8 Å². The van der Waals surface area contributed by atoms with E-state index >= 15 is 0 Å². The fourth-order valence-corrected chi connectivity index (χ4v) is 5.12. The first kappa shape index (κ1) is 19.2. The van der Waals surface area contributed by atoms with Crippen LogP contribution >= 0.6 is 0 Å². The normalized spacial score (nSPS) is 38.0. The van der Waals surface area contributed by atoms with Crippen LogP contribution in [-0.4, -0.2) is 80.2 Å². The second-order valence-corrected chi connectivity index (χ2v) is 9.35. The van der Waals surface area contributed by atoms with Gasteiger partial charge in [-0.05, 0) is 58.0 Å². The number of piperidine rings is 2. The van der Waals surface area contributed by atoms with Crippen molar-refractivity contribution in [2.75, 3.05) is 39.9 Å². The lowest BCUT2D eigenvalue weighted by molar-refractivity contribution is -0.134. The average Bonchev–Trinajstić information content (AvgIpc) is 3.42. The summed E-state index contributed by atoms with van der Waals surface area (Å²) in [5.74, 6) is 1.76. The summed E-state index contributed by atoms with van der Waals surface area (Å²) in [5, 5.41) is 7.37. The third-order valence-corrected chi connectivity index (χ3v) is 7.45. The summed E-state index contributed by atoms with van der Waals surface area (Å²) < 4.78 is 5.35. The summed E-state index contributed by atoms with van der Waals surface area (Å²) in [6, 6.07) is 0.545. The first-order valence-electron chi connectivity index (χ1n) is 11.2. The van der Waals surface area contributed by atoms with Crippen LogP contribution in [0.2, 0.25) is 0 Å². The molecule has 5 aliphatic rings. The van der Waals surface area contributed by atoms with Crippen molar-refractivity contribution in [2.45, 2.75) is 63.1 Å². The van der Waals surface area contributed by atoms with Crippen molar-refractivity contribution >= 4 is 5.91 Å². The fraction of sp³-hybridized carbons (Fsp3) is 0.950. The molecule has 0 aromatic rings. The van der Waals surface area contributed by atoms with Gasteiger partial charge in [0.1, 0.15) is 6.23 Å². The predicted octanol–water partition coefficient (Wildman–Crippen LogP) is 0.0679. The van der Waals surface area contributed by atoms with Gasteiger partial charge >= 0.3 is 0 Å². The standard InChI is InChI=1S/C20H35N5O3/c1-24(16-11-27-12-16)17-10-15(4-7-21-17)19-22-18(23-28-19)13-5-8-25(9-6-13)20(26)14-2-3-14/h13-19,21-23H,2-12H2,1H3. The Morgan fingerprint density at radius 2 is 1.86 bits per heavy atom. The molecule has 1 saturated carbocycles. The van der Waals surface area contributed by atoms with E-state index in [0.29, 0.717) is 35.9 Å². The summed E-state index contributed by atoms with van der Waals surface area (Å²) in [5.41, 5.74) is 3.27. The third kappa shape index (κ3) is 3.95. The lowest BCUT2D eigenvalue weighted by Crippen LogP contribution is -2.59. The molecule has 4 heterocycles. The van der Waals surface area contributed by atoms with E-state index in [1.807, 2.05) is 0 Å². The molecule has 8 nitrogen and oxygen atoms in total. The molecule has 1 amide bonds. The van der Waals surface area contributed by atoms with E-state index in [1.165, 1.54) is 0 Å². The Balaban J connectivity index is 1.09. The molecule has 0 aromatic carbocycles. The maximum Gasteiger partial charge on any atom is 0.225 e. The maximum absolute atomic E-state index is 12.3. The highest BCUT2D eigenvalue weighted by atomic mass is 16.7. The molecule has 8 heteroatoms. The van der Waals surface area contributed by atoms with Crippen molar-refractivity contribution in [2.24, 2.45) is 17.8 Å². The highest BCUT2D eigenvalue weighted by Gasteiger charge is 2.41. The molecule has 0 radical (unpaired) electrons. The van der Waals surface area contributed by atoms with Crippen LogP contribution in [0, 0.1) is 17.8 Å². The molecule has 4 saturated heterocycles. The smallest absolute Gasteiger partial charge is 0.225 e. The lowest BCUT2D eigenvalue weighted by atomic mass is 9.91. The molecular formula is C20H35N5O3. The Morgan fingerprint density at radius 1 is 1.07 bits per heavy atom. The summed E-state index contributed by atoms with van der Waals surface area (Å²) in [6.07, 6.45) is 7.20. The highest BCUT2D eigenvalue weighted by Crippen LogP contribution is 2.33. The SMILES string of the molecule is CN(C1COC1)C1CC(C2NC(C3CCN(C(=O)C4CC4)CC3)NO2)CCN1. The third-order valence-electron chi connectivity index (χ3n) is 7.45. The van der Waals surface area contributed by atoms with Gasteiger partial charge in [-0.25, -0.2) is 0 Å². The van der Waals surface area contributed by atoms with E-state index in [-0.39, 0.29) is 12.4 Å². The van der Waals surface area contributed by atoms with E-state index in [2.05, 4.69) is 33.0 Å². The van der Waals surface area contributed by atoms with Crippen LogP contribution in [0.5, 0.6) is 0 Å². The molecular weight excluding hydrogens is 358 g/mol. The minimum absolute atomic E-state index is 0.0757. The van der Waals surface area contributed by atoms with E-state index < -0.39 is 0 Å². The van der Waals surface area contributed by atoms with Gasteiger partial charge in [-0.1, -0.05) is 0 Å². The molecule has 0 bridgehead atoms. The highest BCUT2D eigenvalue weighted by molar-refractivity contribution is 5.81. The van der Waals surface area contributed by atoms with E-state index in [9.17, 15) is 4.79 Å². The number of carbonyl (C=O) groups is 1. The van der Waals surface area contributed by atoms with Gasteiger partial charge in [0.15, 0.2) is 0 Å². The van der Waals surface area contributed by atoms with Crippen LogP contribution in [0.1, 0.15) is 38.5 Å². The van der Waals surface area contributed by atoms with Crippen LogP contribution in [0.3, 0.4) is 0 Å². The van der Waals surface area contributed by atoms with Gasteiger partial charge in [0, 0.05) is 24.9 Å². The van der Waals surface area contributed by atoms with Crippen LogP contribution in [0.25, 0.3) is 0 Å². The molecule has 5 rings (SSSR count). The molecule has 0 spiro atoms. The van der Waals surface area contributed by atoms with Gasteiger partial charge in [-0.2, -0.15) is 5.48 Å². The molecule has 28 heavy (non-hydrogen) atoms. The Morgan fingerprint density at radius 3 is 2.54 bits per heavy atom. The number of likely N-dealkylation sites (N-methyl/N-ethyl adjacent to an activating group) is 1. The number of nitrogens with one attached hydrogen (secondary N) is 3. The molecule has 158 valence electrons. The van der Waals surface area contributed by atoms with Crippen molar-refractivity contribution in [3.8, 4) is 0 Å². The van der Waals surface area contributed by atoms with Crippen LogP contribution in [-0.2, 0) is 14.4 Å². The van der Waals surface area contributed by atoms with Crippen LogP contribution in [0.15, 0.2) is 0 Å². The number of ether oxygens (including phenoxy) is 1. The van der Waals surface area contributed by atoms with Crippen molar-refractivity contribution in [3.63, 3.8) is 0 Å². The number of likely N-dealkylation sites (tertiary alicyclic amines) is 1. The Bertz CT molecular complexity index is 562. The van der Waals surface area contributed by atoms with Gasteiger partial charge in [0.05, 0.1) is 31.6 Å². The van der Waals surface area contributed by atoms with Gasteiger partial charge in [0.2, 0.25) is 5.91 Å². The van der Waals surface area contributed by atoms with Crippen LogP contribution < -0.4 is 16.1 Å². The molecule has 4 atom stereocenters. The molecule has 4 unspecified atom stereocenters. The largest absolute Gasteiger partial charge is 0.378 e. The van der Waals surface area contributed by atoms with Crippen molar-refractivity contribution < 1.29 is 14.4 Å². The number of hydrogen-bond acceptors (Lipinski definition) is 7. The van der Waals surface area contributed by atoms with Crippen LogP contribution in [0.4, 0.5) is 0 Å². The van der Waals surface area contributed by atoms with Gasteiger partial charge in [0.25, 0.3) is 0 Å². The zero-order chi connectivity index (χ0) is 19.1. The monoisotopic (exact) mass is 393 g/mol. The predicted molar refractivity (Wildman–Crippen MR) is 104 cm³/mol. The Kier molecular flexibility index (Phi) is 5.60. The fourth-order valence-electron chi connectivity index (χ4n) is 5.12. The molecule has 0 aromatic heterocycles. The van der Waals surface area contributed by atoms with Crippen molar-refractivity contribution in [1.29, 1.82) is 0 Å². The number of amides is 1. The van der Waals surface area contributed by atoms with Gasteiger partial charge < -0.3 is 15.0 Å². The first-order valence-corrected chi connectivity index (χ1v) is 11.2. The number of carbonyl (C=O) groups excluding carboxylic acids is 1. The maximum atomic E-state index is 12.3. The first-order chi connectivity index (χ1) is 13.7. The lowest BCUT2D eigenvalue weighted by Gasteiger charge is -2.43. The minimum atomic E-state index is 0.0757. The number of rotatable bonds is 5. The Labute approximate surface area is 167 Å². The van der Waals surface area contributed by atoms with Crippen molar-refractivity contribution in [1.82, 2.24) is 25.9 Å². The van der Waals surface area contributed by atoms with Gasteiger partial charge in [-0.15, -0.1) is 0 Å². The van der Waals surface area contributed by atoms with E-state index in [0.717, 1.165) is 71.4 Å². The summed E-state index contributed by atoms with van der Waals surface area (Å²) in [4.78, 5) is 22.8. The summed E-state index contributed by atoms with van der Waals surface area (Å²) in [6.45, 7) is 4.52. The summed E-state index contributed by atoms with van der Waals surface area (Å²) in [7, 11) is 2.20. The minimum Gasteiger partial charge on any atom is -0.378 e. The molecule has 3 N–H and O–H groups in total. The number of nitrogens with zero attached hydrogens (tertiary/aromatic N) is 2.